The Morgan fingerprint density at radius 1 is 1.18 bits per heavy atom. The molecule has 2 radical (unpaired) electrons. The van der Waals surface area contributed by atoms with E-state index in [-0.39, 0.29) is 5.31 Å². The Labute approximate surface area is 108 Å². The molecule has 2 rings (SSSR count). The molecule has 96 valence electrons. The van der Waals surface area contributed by atoms with Gasteiger partial charge in [0.25, 0.3) is 0 Å². The first-order valence-corrected chi connectivity index (χ1v) is 7.06. The van der Waals surface area contributed by atoms with Gasteiger partial charge in [0, 0.05) is 0 Å². The van der Waals surface area contributed by atoms with Crippen LogP contribution in [0.25, 0.3) is 0 Å². The molecule has 2 nitrogen and oxygen atoms in total. The maximum absolute atomic E-state index is 6.36. The predicted molar refractivity (Wildman–Crippen MR) is 74.3 cm³/mol. The molecule has 0 aromatic carbocycles. The fourth-order valence-electron chi connectivity index (χ4n) is 3.94. The highest BCUT2D eigenvalue weighted by Crippen LogP contribution is 2.46. The topological polar surface area (TPSA) is 6.48 Å². The second-order valence-electron chi connectivity index (χ2n) is 6.80. The van der Waals surface area contributed by atoms with Crippen molar-refractivity contribution in [2.24, 2.45) is 11.8 Å². The van der Waals surface area contributed by atoms with Crippen LogP contribution in [0, 0.1) is 11.8 Å². The first kappa shape index (κ1) is 13.4. The zero-order chi connectivity index (χ0) is 12.6. The first-order valence-electron chi connectivity index (χ1n) is 7.06. The van der Waals surface area contributed by atoms with Crippen molar-refractivity contribution in [3.8, 4) is 0 Å². The lowest BCUT2D eigenvalue weighted by molar-refractivity contribution is -0.0186. The summed E-state index contributed by atoms with van der Waals surface area (Å²) < 4.78 is 0. The summed E-state index contributed by atoms with van der Waals surface area (Å²) in [4.78, 5) is 4.93. The number of piperidine rings is 1. The van der Waals surface area contributed by atoms with Crippen molar-refractivity contribution < 1.29 is 0 Å². The summed E-state index contributed by atoms with van der Waals surface area (Å²) in [6.45, 7) is 3.48. The Balaban J connectivity index is 2.14. The molecule has 0 spiro atoms. The summed E-state index contributed by atoms with van der Waals surface area (Å²) in [5.74, 6) is 1.71. The highest BCUT2D eigenvalue weighted by atomic mass is 15.3. The second-order valence-corrected chi connectivity index (χ2v) is 6.80. The second kappa shape index (κ2) is 4.93. The Morgan fingerprint density at radius 3 is 2.47 bits per heavy atom. The Kier molecular flexibility index (Phi) is 3.89. The number of likely N-dealkylation sites (tertiary alicyclic amines) is 1. The van der Waals surface area contributed by atoms with E-state index >= 15 is 0 Å². The minimum atomic E-state index is 0.0762. The average Bonchev–Trinajstić information content (AvgIpc) is 2.38. The third-order valence-electron chi connectivity index (χ3n) is 4.96. The Morgan fingerprint density at radius 2 is 1.82 bits per heavy atom. The van der Waals surface area contributed by atoms with Gasteiger partial charge < -0.3 is 0 Å². The molecule has 0 bridgehead atoms. The van der Waals surface area contributed by atoms with Crippen molar-refractivity contribution in [2.75, 3.05) is 27.7 Å². The van der Waals surface area contributed by atoms with Gasteiger partial charge in [0.1, 0.15) is 0 Å². The minimum absolute atomic E-state index is 0.0762. The Bertz CT molecular complexity index is 265. The van der Waals surface area contributed by atoms with Crippen molar-refractivity contribution >= 4 is 7.85 Å². The number of rotatable bonds is 1. The first-order chi connectivity index (χ1) is 7.91. The van der Waals surface area contributed by atoms with E-state index in [4.69, 9.17) is 7.85 Å². The fourth-order valence-corrected chi connectivity index (χ4v) is 3.94. The van der Waals surface area contributed by atoms with Crippen LogP contribution < -0.4 is 0 Å². The molecule has 0 N–H and O–H groups in total. The zero-order valence-electron chi connectivity index (χ0n) is 11.9. The maximum Gasteiger partial charge on any atom is 0.0742 e. The third kappa shape index (κ3) is 2.87. The van der Waals surface area contributed by atoms with Crippen molar-refractivity contribution in [3.63, 3.8) is 0 Å². The standard InChI is InChI=1S/C14H27BN2/c1-14(15)8-5-11-7-10-17(4)13(16(2)3)12(11)6-9-14/h11-13H,5-10H2,1-4H3. The third-order valence-corrected chi connectivity index (χ3v) is 4.96. The molecule has 3 heteroatoms. The Hall–Kier alpha value is -0.0151. The van der Waals surface area contributed by atoms with Gasteiger partial charge in [0.05, 0.1) is 14.0 Å². The summed E-state index contributed by atoms with van der Waals surface area (Å²) >= 11 is 0. The number of hydrogen-bond donors (Lipinski definition) is 0. The van der Waals surface area contributed by atoms with Gasteiger partial charge in [-0.1, -0.05) is 31.5 Å². The highest BCUT2D eigenvalue weighted by molar-refractivity contribution is 6.14. The van der Waals surface area contributed by atoms with Crippen molar-refractivity contribution in [3.05, 3.63) is 0 Å². The maximum atomic E-state index is 6.36. The van der Waals surface area contributed by atoms with Gasteiger partial charge in [-0.3, -0.25) is 9.80 Å². The smallest absolute Gasteiger partial charge is 0.0742 e. The van der Waals surface area contributed by atoms with E-state index in [1.165, 1.54) is 38.6 Å². The molecule has 1 aliphatic carbocycles. The van der Waals surface area contributed by atoms with Crippen LogP contribution in [0.4, 0.5) is 0 Å². The van der Waals surface area contributed by atoms with Gasteiger partial charge in [-0.15, -0.1) is 0 Å². The van der Waals surface area contributed by atoms with Gasteiger partial charge >= 0.3 is 0 Å². The van der Waals surface area contributed by atoms with Crippen molar-refractivity contribution in [1.82, 2.24) is 9.80 Å². The number of fused-ring (bicyclic) bond motifs is 1. The van der Waals surface area contributed by atoms with Crippen LogP contribution in [-0.2, 0) is 0 Å². The van der Waals surface area contributed by atoms with Crippen molar-refractivity contribution in [1.29, 1.82) is 0 Å². The zero-order valence-corrected chi connectivity index (χ0v) is 11.9. The van der Waals surface area contributed by atoms with Crippen LogP contribution in [0.15, 0.2) is 0 Å². The van der Waals surface area contributed by atoms with E-state index in [1.807, 2.05) is 0 Å². The van der Waals surface area contributed by atoms with Gasteiger partial charge in [0.2, 0.25) is 0 Å². The van der Waals surface area contributed by atoms with Crippen LogP contribution in [0.5, 0.6) is 0 Å². The van der Waals surface area contributed by atoms with Crippen LogP contribution in [-0.4, -0.2) is 51.5 Å². The van der Waals surface area contributed by atoms with Gasteiger partial charge in [-0.05, 0) is 52.4 Å². The van der Waals surface area contributed by atoms with Crippen LogP contribution >= 0.6 is 0 Å². The van der Waals surface area contributed by atoms with E-state index in [1.54, 1.807) is 0 Å². The quantitative estimate of drug-likeness (QED) is 0.643. The molecular formula is C14H27BN2. The minimum Gasteiger partial charge on any atom is -0.294 e. The lowest BCUT2D eigenvalue weighted by Crippen LogP contribution is -2.53. The lowest BCUT2D eigenvalue weighted by atomic mass is 9.65. The molecular weight excluding hydrogens is 207 g/mol. The molecule has 1 aliphatic heterocycles. The van der Waals surface area contributed by atoms with Gasteiger partial charge in [-0.2, -0.15) is 0 Å². The normalized spacial score (nSPS) is 44.4. The highest BCUT2D eigenvalue weighted by Gasteiger charge is 2.40. The number of hydrogen-bond acceptors (Lipinski definition) is 2. The van der Waals surface area contributed by atoms with E-state index in [0.717, 1.165) is 11.8 Å². The molecule has 1 heterocycles. The largest absolute Gasteiger partial charge is 0.294 e. The number of nitrogens with zero attached hydrogens (tertiary/aromatic N) is 2. The van der Waals surface area contributed by atoms with Gasteiger partial charge in [0.15, 0.2) is 0 Å². The molecule has 1 saturated carbocycles. The van der Waals surface area contributed by atoms with Crippen molar-refractivity contribution in [2.45, 2.75) is 50.5 Å². The molecule has 2 aliphatic rings. The summed E-state index contributed by atoms with van der Waals surface area (Å²) in [6, 6.07) is 0. The van der Waals surface area contributed by atoms with E-state index < -0.39 is 0 Å². The summed E-state index contributed by atoms with van der Waals surface area (Å²) in [5.41, 5.74) is 0. The van der Waals surface area contributed by atoms with E-state index in [9.17, 15) is 0 Å². The summed E-state index contributed by atoms with van der Waals surface area (Å²) in [5, 5.41) is 0.0762. The molecule has 4 unspecified atom stereocenters. The molecule has 1 saturated heterocycles. The predicted octanol–water partition coefficient (Wildman–Crippen LogP) is 2.36. The van der Waals surface area contributed by atoms with E-state index in [2.05, 4.69) is 37.9 Å². The molecule has 17 heavy (non-hydrogen) atoms. The molecule has 0 aromatic heterocycles. The summed E-state index contributed by atoms with van der Waals surface area (Å²) in [7, 11) is 13.1. The van der Waals surface area contributed by atoms with Crippen LogP contribution in [0.1, 0.15) is 39.0 Å². The average molecular weight is 234 g/mol. The van der Waals surface area contributed by atoms with Crippen LogP contribution in [0.2, 0.25) is 5.31 Å². The van der Waals surface area contributed by atoms with E-state index in [0.29, 0.717) is 6.17 Å². The summed E-state index contributed by atoms with van der Waals surface area (Å²) in [6.07, 6.45) is 7.00. The lowest BCUT2D eigenvalue weighted by Gasteiger charge is -2.46. The monoisotopic (exact) mass is 234 g/mol. The van der Waals surface area contributed by atoms with Gasteiger partial charge in [-0.25, -0.2) is 0 Å². The fraction of sp³-hybridized carbons (Fsp3) is 1.00. The van der Waals surface area contributed by atoms with Crippen LogP contribution in [0.3, 0.4) is 0 Å². The molecule has 2 fully saturated rings. The molecule has 4 atom stereocenters. The molecule has 0 aromatic rings. The SMILES string of the molecule is [B]C1(C)CCC2CCN(C)C(N(C)C)C2CC1. The molecule has 0 amide bonds.